The van der Waals surface area contributed by atoms with Gasteiger partial charge in [0.1, 0.15) is 0 Å². The van der Waals surface area contributed by atoms with Crippen LogP contribution in [0.1, 0.15) is 13.3 Å². The van der Waals surface area contributed by atoms with Gasteiger partial charge < -0.3 is 11.1 Å². The molecule has 1 aromatic rings. The van der Waals surface area contributed by atoms with Gasteiger partial charge in [-0.3, -0.25) is 9.48 Å². The minimum absolute atomic E-state index is 0.0127. The van der Waals surface area contributed by atoms with E-state index in [-0.39, 0.29) is 11.9 Å². The second-order valence-corrected chi connectivity index (χ2v) is 3.81. The van der Waals surface area contributed by atoms with E-state index in [4.69, 9.17) is 17.3 Å². The monoisotopic (exact) mass is 230 g/mol. The molecular formula is C9H15ClN4O. The van der Waals surface area contributed by atoms with Crippen LogP contribution < -0.4 is 11.1 Å². The standard InChI is InChI=1S/C9H15ClN4O/c1-7(4-11)13-9(15)2-3-14-6-8(10)5-12-14/h5-7H,2-4,11H2,1H3,(H,13,15)/t7-/m0/s1. The first-order chi connectivity index (χ1) is 7.11. The predicted molar refractivity (Wildman–Crippen MR) is 58.5 cm³/mol. The van der Waals surface area contributed by atoms with Crippen LogP contribution >= 0.6 is 11.6 Å². The molecule has 0 bridgehead atoms. The Labute approximate surface area is 93.6 Å². The molecule has 0 aromatic carbocycles. The quantitative estimate of drug-likeness (QED) is 0.769. The lowest BCUT2D eigenvalue weighted by molar-refractivity contribution is -0.121. The molecule has 1 amide bonds. The van der Waals surface area contributed by atoms with Gasteiger partial charge in [-0.1, -0.05) is 11.6 Å². The van der Waals surface area contributed by atoms with E-state index in [1.807, 2.05) is 6.92 Å². The lowest BCUT2D eigenvalue weighted by atomic mass is 10.3. The van der Waals surface area contributed by atoms with Gasteiger partial charge in [-0.25, -0.2) is 0 Å². The molecule has 0 radical (unpaired) electrons. The molecule has 0 unspecified atom stereocenters. The van der Waals surface area contributed by atoms with Crippen molar-refractivity contribution in [1.29, 1.82) is 0 Å². The Balaban J connectivity index is 2.28. The number of rotatable bonds is 5. The highest BCUT2D eigenvalue weighted by atomic mass is 35.5. The van der Waals surface area contributed by atoms with Crippen molar-refractivity contribution < 1.29 is 4.79 Å². The summed E-state index contributed by atoms with van der Waals surface area (Å²) in [6.07, 6.45) is 3.60. The molecule has 15 heavy (non-hydrogen) atoms. The highest BCUT2D eigenvalue weighted by molar-refractivity contribution is 6.30. The predicted octanol–water partition coefficient (Wildman–Crippen LogP) is 0.390. The van der Waals surface area contributed by atoms with E-state index < -0.39 is 0 Å². The Bertz CT molecular complexity index is 326. The molecule has 1 heterocycles. The Kier molecular flexibility index (Phi) is 4.58. The Morgan fingerprint density at radius 2 is 2.53 bits per heavy atom. The SMILES string of the molecule is C[C@@H](CN)NC(=O)CCn1cc(Cl)cn1. The van der Waals surface area contributed by atoms with Gasteiger partial charge in [-0.05, 0) is 6.92 Å². The third-order valence-electron chi connectivity index (χ3n) is 1.93. The number of carbonyl (C=O) groups is 1. The first kappa shape index (κ1) is 12.0. The first-order valence-electron chi connectivity index (χ1n) is 4.79. The van der Waals surface area contributed by atoms with Crippen molar-refractivity contribution in [1.82, 2.24) is 15.1 Å². The van der Waals surface area contributed by atoms with Gasteiger partial charge in [-0.2, -0.15) is 5.10 Å². The molecule has 0 aliphatic carbocycles. The lowest BCUT2D eigenvalue weighted by Gasteiger charge is -2.10. The molecule has 1 atom stereocenters. The van der Waals surface area contributed by atoms with Crippen LogP contribution in [-0.2, 0) is 11.3 Å². The van der Waals surface area contributed by atoms with Crippen molar-refractivity contribution in [3.63, 3.8) is 0 Å². The number of halogens is 1. The number of carbonyl (C=O) groups excluding carboxylic acids is 1. The molecule has 0 saturated heterocycles. The topological polar surface area (TPSA) is 72.9 Å². The van der Waals surface area contributed by atoms with Crippen molar-refractivity contribution in [3.8, 4) is 0 Å². The van der Waals surface area contributed by atoms with Crippen molar-refractivity contribution in [2.75, 3.05) is 6.54 Å². The Morgan fingerprint density at radius 3 is 3.07 bits per heavy atom. The number of amides is 1. The third-order valence-corrected chi connectivity index (χ3v) is 2.13. The zero-order chi connectivity index (χ0) is 11.3. The fraction of sp³-hybridized carbons (Fsp3) is 0.556. The summed E-state index contributed by atoms with van der Waals surface area (Å²) in [4.78, 5) is 11.4. The fourth-order valence-electron chi connectivity index (χ4n) is 1.08. The highest BCUT2D eigenvalue weighted by Gasteiger charge is 2.05. The Morgan fingerprint density at radius 1 is 1.80 bits per heavy atom. The summed E-state index contributed by atoms with van der Waals surface area (Å²) in [6, 6.07) is 0.0127. The molecule has 84 valence electrons. The minimum atomic E-state index is -0.0282. The number of aryl methyl sites for hydroxylation is 1. The zero-order valence-electron chi connectivity index (χ0n) is 8.61. The van der Waals surface area contributed by atoms with E-state index in [1.165, 1.54) is 0 Å². The van der Waals surface area contributed by atoms with Crippen LogP contribution in [0.4, 0.5) is 0 Å². The van der Waals surface area contributed by atoms with Crippen LogP contribution in [0, 0.1) is 0 Å². The van der Waals surface area contributed by atoms with Gasteiger partial charge in [0.2, 0.25) is 5.91 Å². The smallest absolute Gasteiger partial charge is 0.222 e. The van der Waals surface area contributed by atoms with E-state index in [9.17, 15) is 4.79 Å². The van der Waals surface area contributed by atoms with Crippen LogP contribution in [0.5, 0.6) is 0 Å². The molecule has 5 nitrogen and oxygen atoms in total. The molecule has 0 aliphatic rings. The maximum atomic E-state index is 11.4. The first-order valence-corrected chi connectivity index (χ1v) is 5.17. The van der Waals surface area contributed by atoms with Crippen molar-refractivity contribution >= 4 is 17.5 Å². The lowest BCUT2D eigenvalue weighted by Crippen LogP contribution is -2.38. The third kappa shape index (κ3) is 4.31. The summed E-state index contributed by atoms with van der Waals surface area (Å²) in [5, 5.41) is 7.31. The van der Waals surface area contributed by atoms with Crippen LogP contribution in [0.2, 0.25) is 5.02 Å². The average Bonchev–Trinajstić information content (AvgIpc) is 2.61. The van der Waals surface area contributed by atoms with Crippen LogP contribution in [0.15, 0.2) is 12.4 Å². The van der Waals surface area contributed by atoms with E-state index in [0.29, 0.717) is 24.5 Å². The maximum absolute atomic E-state index is 11.4. The van der Waals surface area contributed by atoms with Gasteiger partial charge in [0.25, 0.3) is 0 Å². The Hall–Kier alpha value is -1.07. The average molecular weight is 231 g/mol. The van der Waals surface area contributed by atoms with Gasteiger partial charge in [0.15, 0.2) is 0 Å². The summed E-state index contributed by atoms with van der Waals surface area (Å²) in [7, 11) is 0. The van der Waals surface area contributed by atoms with Crippen molar-refractivity contribution in [2.24, 2.45) is 5.73 Å². The molecule has 0 aliphatic heterocycles. The second-order valence-electron chi connectivity index (χ2n) is 3.38. The molecule has 0 spiro atoms. The minimum Gasteiger partial charge on any atom is -0.352 e. The summed E-state index contributed by atoms with van der Waals surface area (Å²) >= 11 is 5.68. The molecular weight excluding hydrogens is 216 g/mol. The number of nitrogens with zero attached hydrogens (tertiary/aromatic N) is 2. The van der Waals surface area contributed by atoms with Crippen LogP contribution in [-0.4, -0.2) is 28.3 Å². The van der Waals surface area contributed by atoms with Crippen LogP contribution in [0.25, 0.3) is 0 Å². The second kappa shape index (κ2) is 5.72. The largest absolute Gasteiger partial charge is 0.352 e. The van der Waals surface area contributed by atoms with Gasteiger partial charge >= 0.3 is 0 Å². The number of hydrogen-bond donors (Lipinski definition) is 2. The van der Waals surface area contributed by atoms with E-state index in [1.54, 1.807) is 17.1 Å². The summed E-state index contributed by atoms with van der Waals surface area (Å²) < 4.78 is 1.63. The van der Waals surface area contributed by atoms with Gasteiger partial charge in [0.05, 0.1) is 11.2 Å². The molecule has 1 rings (SSSR count). The van der Waals surface area contributed by atoms with Crippen molar-refractivity contribution in [2.45, 2.75) is 25.9 Å². The summed E-state index contributed by atoms with van der Waals surface area (Å²) in [5.41, 5.74) is 5.38. The number of nitrogens with two attached hydrogens (primary N) is 1. The van der Waals surface area contributed by atoms with Crippen molar-refractivity contribution in [3.05, 3.63) is 17.4 Å². The summed E-state index contributed by atoms with van der Waals surface area (Å²) in [5.74, 6) is -0.0282. The van der Waals surface area contributed by atoms with E-state index in [2.05, 4.69) is 10.4 Å². The summed E-state index contributed by atoms with van der Waals surface area (Å²) in [6.45, 7) is 2.83. The van der Waals surface area contributed by atoms with Crippen LogP contribution in [0.3, 0.4) is 0 Å². The van der Waals surface area contributed by atoms with Gasteiger partial charge in [0, 0.05) is 31.7 Å². The maximum Gasteiger partial charge on any atom is 0.222 e. The molecule has 1 aromatic heterocycles. The van der Waals surface area contributed by atoms with Gasteiger partial charge in [-0.15, -0.1) is 0 Å². The van der Waals surface area contributed by atoms with E-state index >= 15 is 0 Å². The highest BCUT2D eigenvalue weighted by Crippen LogP contribution is 2.04. The zero-order valence-corrected chi connectivity index (χ0v) is 9.37. The molecule has 0 saturated carbocycles. The number of nitrogens with one attached hydrogen (secondary N) is 1. The number of aromatic nitrogens is 2. The molecule has 3 N–H and O–H groups in total. The fourth-order valence-corrected chi connectivity index (χ4v) is 1.24. The molecule has 0 fully saturated rings. The molecule has 6 heteroatoms. The number of hydrogen-bond acceptors (Lipinski definition) is 3. The normalized spacial score (nSPS) is 12.5. The van der Waals surface area contributed by atoms with E-state index in [0.717, 1.165) is 0 Å².